The molecule has 0 spiro atoms. The molecule has 2 aromatic heterocycles. The van der Waals surface area contributed by atoms with Crippen LogP contribution < -0.4 is 0 Å². The van der Waals surface area contributed by atoms with Crippen LogP contribution in [-0.2, 0) is 6.54 Å². The van der Waals surface area contributed by atoms with Gasteiger partial charge < -0.3 is 10.0 Å². The first-order valence-electron chi connectivity index (χ1n) is 8.77. The summed E-state index contributed by atoms with van der Waals surface area (Å²) >= 11 is 1.84. The molecule has 0 unspecified atom stereocenters. The van der Waals surface area contributed by atoms with Gasteiger partial charge in [-0.2, -0.15) is 16.9 Å². The van der Waals surface area contributed by atoms with Crippen LogP contribution >= 0.6 is 11.8 Å². The number of halogens is 1. The van der Waals surface area contributed by atoms with E-state index in [1.54, 1.807) is 29.2 Å². The van der Waals surface area contributed by atoms with Crippen LogP contribution in [0.3, 0.4) is 0 Å². The van der Waals surface area contributed by atoms with Crippen molar-refractivity contribution >= 4 is 28.6 Å². The minimum Gasteiger partial charge on any atom is -0.394 e. The summed E-state index contributed by atoms with van der Waals surface area (Å²) in [6.07, 6.45) is 3.39. The van der Waals surface area contributed by atoms with Gasteiger partial charge in [0.05, 0.1) is 36.1 Å². The Morgan fingerprint density at radius 1 is 1.26 bits per heavy atom. The number of pyridine rings is 1. The number of fused-ring (bicyclic) bond motifs is 1. The minimum absolute atomic E-state index is 0.0197. The zero-order valence-corrected chi connectivity index (χ0v) is 15.5. The van der Waals surface area contributed by atoms with E-state index in [1.165, 1.54) is 12.1 Å². The summed E-state index contributed by atoms with van der Waals surface area (Å²) in [5, 5.41) is 13.9. The molecule has 1 saturated heterocycles. The second-order valence-corrected chi connectivity index (χ2v) is 7.56. The number of thioether (sulfide) groups is 1. The number of rotatable bonds is 4. The maximum absolute atomic E-state index is 13.8. The quantitative estimate of drug-likeness (QED) is 0.746. The lowest BCUT2D eigenvalue weighted by Gasteiger charge is -2.27. The lowest BCUT2D eigenvalue weighted by Crippen LogP contribution is -2.38. The Kier molecular flexibility index (Phi) is 5.09. The average molecular weight is 386 g/mol. The predicted octanol–water partition coefficient (Wildman–Crippen LogP) is 2.42. The van der Waals surface area contributed by atoms with Crippen LogP contribution in [0.25, 0.3) is 22.2 Å². The smallest absolute Gasteiger partial charge is 0.254 e. The first kappa shape index (κ1) is 17.9. The summed E-state index contributed by atoms with van der Waals surface area (Å²) in [5.74, 6) is 1.39. The van der Waals surface area contributed by atoms with E-state index in [1.807, 2.05) is 16.7 Å². The van der Waals surface area contributed by atoms with Crippen LogP contribution in [0.1, 0.15) is 10.4 Å². The lowest BCUT2D eigenvalue weighted by atomic mass is 10.0. The van der Waals surface area contributed by atoms with E-state index in [4.69, 9.17) is 5.11 Å². The zero-order valence-electron chi connectivity index (χ0n) is 14.6. The van der Waals surface area contributed by atoms with Gasteiger partial charge in [-0.3, -0.25) is 9.48 Å². The Bertz CT molecular complexity index is 985. The molecule has 1 N–H and O–H groups in total. The molecule has 0 radical (unpaired) electrons. The van der Waals surface area contributed by atoms with Crippen molar-refractivity contribution in [2.45, 2.75) is 6.54 Å². The molecule has 8 heteroatoms. The van der Waals surface area contributed by atoms with Crippen molar-refractivity contribution in [3.63, 3.8) is 0 Å². The third-order valence-corrected chi connectivity index (χ3v) is 5.50. The zero-order chi connectivity index (χ0) is 18.8. The fourth-order valence-corrected chi connectivity index (χ4v) is 4.09. The summed E-state index contributed by atoms with van der Waals surface area (Å²) in [7, 11) is 0. The van der Waals surface area contributed by atoms with Gasteiger partial charge in [0.2, 0.25) is 0 Å². The molecule has 0 bridgehead atoms. The molecule has 1 fully saturated rings. The Morgan fingerprint density at radius 2 is 2.07 bits per heavy atom. The number of aromatic nitrogens is 3. The number of nitrogens with zero attached hydrogens (tertiary/aromatic N) is 4. The van der Waals surface area contributed by atoms with Crippen molar-refractivity contribution in [2.75, 3.05) is 31.2 Å². The topological polar surface area (TPSA) is 71.2 Å². The van der Waals surface area contributed by atoms with E-state index in [0.717, 1.165) is 17.1 Å². The number of carbonyl (C=O) groups is 1. The Balaban J connectivity index is 1.81. The lowest BCUT2D eigenvalue weighted by molar-refractivity contribution is 0.0774. The summed E-state index contributed by atoms with van der Waals surface area (Å²) in [5.41, 5.74) is 2.25. The fraction of sp³-hybridized carbons (Fsp3) is 0.316. The van der Waals surface area contributed by atoms with Gasteiger partial charge in [-0.25, -0.2) is 9.37 Å². The highest BCUT2D eigenvalue weighted by atomic mass is 32.2. The number of hydrogen-bond acceptors (Lipinski definition) is 5. The average Bonchev–Trinajstić information content (AvgIpc) is 3.16. The monoisotopic (exact) mass is 386 g/mol. The summed E-state index contributed by atoms with van der Waals surface area (Å²) in [6.45, 7) is 1.77. The number of aliphatic hydroxyl groups is 1. The Labute approximate surface area is 160 Å². The van der Waals surface area contributed by atoms with Crippen LogP contribution in [0.5, 0.6) is 0 Å². The fourth-order valence-electron chi connectivity index (χ4n) is 3.18. The van der Waals surface area contributed by atoms with Gasteiger partial charge in [0.15, 0.2) is 0 Å². The van der Waals surface area contributed by atoms with Gasteiger partial charge in [-0.15, -0.1) is 0 Å². The van der Waals surface area contributed by atoms with E-state index < -0.39 is 5.82 Å². The molecule has 27 heavy (non-hydrogen) atoms. The van der Waals surface area contributed by atoms with Gasteiger partial charge in [0.25, 0.3) is 5.91 Å². The molecule has 0 saturated carbocycles. The molecule has 1 aliphatic heterocycles. The van der Waals surface area contributed by atoms with Gasteiger partial charge in [-0.1, -0.05) is 0 Å². The summed E-state index contributed by atoms with van der Waals surface area (Å²) in [6, 6.07) is 6.07. The molecular weight excluding hydrogens is 367 g/mol. The van der Waals surface area contributed by atoms with Crippen LogP contribution in [0.15, 0.2) is 36.7 Å². The molecule has 6 nitrogen and oxygen atoms in total. The van der Waals surface area contributed by atoms with Gasteiger partial charge in [0, 0.05) is 47.8 Å². The second-order valence-electron chi connectivity index (χ2n) is 6.34. The molecule has 0 atom stereocenters. The minimum atomic E-state index is -0.393. The van der Waals surface area contributed by atoms with E-state index >= 15 is 0 Å². The van der Waals surface area contributed by atoms with E-state index in [0.29, 0.717) is 41.8 Å². The van der Waals surface area contributed by atoms with Crippen molar-refractivity contribution < 1.29 is 14.3 Å². The third-order valence-electron chi connectivity index (χ3n) is 4.56. The van der Waals surface area contributed by atoms with Crippen molar-refractivity contribution in [3.05, 3.63) is 48.0 Å². The maximum Gasteiger partial charge on any atom is 0.254 e. The van der Waals surface area contributed by atoms with Crippen LogP contribution in [0.4, 0.5) is 4.39 Å². The highest BCUT2D eigenvalue weighted by Crippen LogP contribution is 2.27. The van der Waals surface area contributed by atoms with Crippen LogP contribution in [0.2, 0.25) is 0 Å². The summed E-state index contributed by atoms with van der Waals surface area (Å²) < 4.78 is 15.4. The number of amides is 1. The largest absolute Gasteiger partial charge is 0.394 e. The molecule has 1 aliphatic rings. The van der Waals surface area contributed by atoms with E-state index in [-0.39, 0.29) is 12.5 Å². The van der Waals surface area contributed by atoms with Crippen molar-refractivity contribution in [2.24, 2.45) is 0 Å². The first-order valence-corrected chi connectivity index (χ1v) is 9.92. The Morgan fingerprint density at radius 3 is 2.85 bits per heavy atom. The highest BCUT2D eigenvalue weighted by molar-refractivity contribution is 7.99. The number of benzene rings is 1. The van der Waals surface area contributed by atoms with E-state index in [9.17, 15) is 9.18 Å². The standard InChI is InChI=1S/C19H19FN4O2S/c20-14-1-2-15-16(19(26)23-4-7-27-8-5-23)10-17(22-18(15)9-14)13-11-21-24(12-13)3-6-25/h1-2,9-12,25H,3-8H2. The van der Waals surface area contributed by atoms with Crippen LogP contribution in [0, 0.1) is 5.82 Å². The molecule has 4 rings (SSSR count). The number of hydrogen-bond donors (Lipinski definition) is 1. The van der Waals surface area contributed by atoms with Gasteiger partial charge in [0.1, 0.15) is 5.82 Å². The van der Waals surface area contributed by atoms with Gasteiger partial charge >= 0.3 is 0 Å². The molecule has 3 aromatic rings. The van der Waals surface area contributed by atoms with Crippen molar-refractivity contribution in [1.29, 1.82) is 0 Å². The molecule has 1 aromatic carbocycles. The van der Waals surface area contributed by atoms with Crippen molar-refractivity contribution in [1.82, 2.24) is 19.7 Å². The predicted molar refractivity (Wildman–Crippen MR) is 103 cm³/mol. The van der Waals surface area contributed by atoms with E-state index in [2.05, 4.69) is 10.1 Å². The third kappa shape index (κ3) is 3.68. The summed E-state index contributed by atoms with van der Waals surface area (Å²) in [4.78, 5) is 19.5. The number of aliphatic hydroxyl groups excluding tert-OH is 1. The SMILES string of the molecule is O=C(c1cc(-c2cnn(CCO)c2)nc2cc(F)ccc12)N1CCSCC1. The number of carbonyl (C=O) groups excluding carboxylic acids is 1. The van der Waals surface area contributed by atoms with Crippen LogP contribution in [-0.4, -0.2) is 61.9 Å². The Hall–Kier alpha value is -2.45. The highest BCUT2D eigenvalue weighted by Gasteiger charge is 2.22. The maximum atomic E-state index is 13.8. The molecule has 0 aliphatic carbocycles. The molecular formula is C19H19FN4O2S. The first-order chi connectivity index (χ1) is 13.2. The normalized spacial score (nSPS) is 14.7. The second kappa shape index (κ2) is 7.66. The van der Waals surface area contributed by atoms with Crippen molar-refractivity contribution in [3.8, 4) is 11.3 Å². The molecule has 3 heterocycles. The molecule has 1 amide bonds. The molecule has 140 valence electrons. The van der Waals surface area contributed by atoms with Gasteiger partial charge in [-0.05, 0) is 18.2 Å².